The van der Waals surface area contributed by atoms with Gasteiger partial charge in [0.05, 0.1) is 16.1 Å². The SMILES string of the molecule is O=C(NC1=NC(C(c2cccc(F)c2)c2cccc(NC(=O)c3ncc(Cl)cc3Cl)c2)CS1)OCC1c2ccccc2-c2ccccc21. The molecule has 2 unspecified atom stereocenters. The van der Waals surface area contributed by atoms with E-state index in [1.807, 2.05) is 42.5 Å². The zero-order valence-corrected chi connectivity index (χ0v) is 27.5. The predicted octanol–water partition coefficient (Wildman–Crippen LogP) is 8.92. The monoisotopic (exact) mass is 696 g/mol. The summed E-state index contributed by atoms with van der Waals surface area (Å²) in [5.41, 5.74) is 6.59. The standard InChI is InChI=1S/C37H27Cl2FN4O3S/c38-23-17-31(39)34(41-18-23)35(45)42-25-10-6-8-22(16-25)33(21-7-5-9-24(40)15-21)32-20-48-36(43-32)44-37(46)47-19-30-28-13-3-1-11-26(28)27-12-2-4-14-29(27)30/h1-18,30,32-33H,19-20H2,(H,42,45)(H,43,44,46). The van der Waals surface area contributed by atoms with E-state index in [9.17, 15) is 14.0 Å². The van der Waals surface area contributed by atoms with Gasteiger partial charge in [0.1, 0.15) is 18.1 Å². The number of rotatable bonds is 7. The Bertz CT molecular complexity index is 2030. The third kappa shape index (κ3) is 6.67. The number of aromatic nitrogens is 1. The van der Waals surface area contributed by atoms with E-state index >= 15 is 0 Å². The number of pyridine rings is 1. The van der Waals surface area contributed by atoms with Crippen LogP contribution in [0.5, 0.6) is 0 Å². The van der Waals surface area contributed by atoms with Gasteiger partial charge < -0.3 is 10.1 Å². The largest absolute Gasteiger partial charge is 0.448 e. The molecule has 48 heavy (non-hydrogen) atoms. The summed E-state index contributed by atoms with van der Waals surface area (Å²) < 4.78 is 20.2. The Balaban J connectivity index is 1.08. The number of halogens is 3. The number of carbonyl (C=O) groups excluding carboxylic acids is 2. The maximum atomic E-state index is 14.5. The molecule has 1 aromatic heterocycles. The van der Waals surface area contributed by atoms with Gasteiger partial charge in [-0.1, -0.05) is 108 Å². The second kappa shape index (κ2) is 13.8. The van der Waals surface area contributed by atoms with Crippen LogP contribution in [-0.4, -0.2) is 40.6 Å². The molecule has 2 heterocycles. The third-order valence-electron chi connectivity index (χ3n) is 8.35. The quantitative estimate of drug-likeness (QED) is 0.177. The van der Waals surface area contributed by atoms with E-state index < -0.39 is 12.0 Å². The molecule has 2 amide bonds. The van der Waals surface area contributed by atoms with Crippen molar-refractivity contribution in [2.24, 2.45) is 4.99 Å². The summed E-state index contributed by atoms with van der Waals surface area (Å²) in [6.07, 6.45) is 0.758. The summed E-state index contributed by atoms with van der Waals surface area (Å²) in [7, 11) is 0. The first-order valence-electron chi connectivity index (χ1n) is 15.1. The zero-order chi connectivity index (χ0) is 33.2. The molecule has 0 saturated heterocycles. The van der Waals surface area contributed by atoms with Gasteiger partial charge in [0, 0.05) is 29.5 Å². The van der Waals surface area contributed by atoms with Crippen molar-refractivity contribution in [3.05, 3.63) is 153 Å². The molecular weight excluding hydrogens is 670 g/mol. The molecule has 7 nitrogen and oxygen atoms in total. The first kappa shape index (κ1) is 31.9. The van der Waals surface area contributed by atoms with Crippen molar-refractivity contribution in [3.63, 3.8) is 0 Å². The molecule has 0 fully saturated rings. The molecule has 2 aliphatic rings. The Morgan fingerprint density at radius 2 is 1.56 bits per heavy atom. The van der Waals surface area contributed by atoms with Gasteiger partial charge in [0.25, 0.3) is 5.91 Å². The zero-order valence-electron chi connectivity index (χ0n) is 25.2. The molecule has 2 N–H and O–H groups in total. The normalized spacial score (nSPS) is 15.6. The van der Waals surface area contributed by atoms with Gasteiger partial charge in [-0.05, 0) is 63.7 Å². The minimum absolute atomic E-state index is 0.0360. The lowest BCUT2D eigenvalue weighted by atomic mass is 9.85. The summed E-state index contributed by atoms with van der Waals surface area (Å²) in [6, 6.07) is 31.0. The minimum Gasteiger partial charge on any atom is -0.448 e. The van der Waals surface area contributed by atoms with Crippen LogP contribution in [0.15, 0.2) is 114 Å². The van der Waals surface area contributed by atoms with Crippen LogP contribution in [-0.2, 0) is 4.74 Å². The van der Waals surface area contributed by atoms with E-state index in [1.54, 1.807) is 18.2 Å². The number of benzene rings is 4. The van der Waals surface area contributed by atoms with Gasteiger partial charge in [-0.25, -0.2) is 14.2 Å². The van der Waals surface area contributed by atoms with Crippen molar-refractivity contribution in [2.45, 2.75) is 17.9 Å². The van der Waals surface area contributed by atoms with Gasteiger partial charge in [-0.2, -0.15) is 0 Å². The summed E-state index contributed by atoms with van der Waals surface area (Å²) >= 11 is 13.5. The molecule has 2 atom stereocenters. The number of nitrogens with one attached hydrogen (secondary N) is 2. The van der Waals surface area contributed by atoms with Crippen molar-refractivity contribution in [1.82, 2.24) is 10.3 Å². The van der Waals surface area contributed by atoms with Crippen LogP contribution in [0.25, 0.3) is 11.1 Å². The first-order valence-corrected chi connectivity index (χ1v) is 16.9. The van der Waals surface area contributed by atoms with Crippen LogP contribution >= 0.6 is 35.0 Å². The number of alkyl carbamates (subject to hydrolysis) is 1. The molecule has 0 saturated carbocycles. The second-order valence-corrected chi connectivity index (χ2v) is 13.2. The van der Waals surface area contributed by atoms with Crippen LogP contribution in [0.3, 0.4) is 0 Å². The van der Waals surface area contributed by atoms with Gasteiger partial charge in [-0.15, -0.1) is 0 Å². The molecule has 0 bridgehead atoms. The maximum Gasteiger partial charge on any atom is 0.413 e. The number of fused-ring (bicyclic) bond motifs is 3. The van der Waals surface area contributed by atoms with Crippen molar-refractivity contribution < 1.29 is 18.7 Å². The number of thioether (sulfide) groups is 1. The molecule has 0 spiro atoms. The highest BCUT2D eigenvalue weighted by atomic mass is 35.5. The molecule has 7 rings (SSSR count). The average Bonchev–Trinajstić information content (AvgIpc) is 3.66. The van der Waals surface area contributed by atoms with Crippen LogP contribution < -0.4 is 10.6 Å². The lowest BCUT2D eigenvalue weighted by Gasteiger charge is -2.23. The Hall–Kier alpha value is -4.70. The van der Waals surface area contributed by atoms with E-state index in [2.05, 4.69) is 39.9 Å². The summed E-state index contributed by atoms with van der Waals surface area (Å²) in [5, 5.41) is 6.51. The number of amidine groups is 1. The summed E-state index contributed by atoms with van der Waals surface area (Å²) in [4.78, 5) is 34.9. The van der Waals surface area contributed by atoms with Crippen LogP contribution in [0.1, 0.15) is 44.6 Å². The second-order valence-electron chi connectivity index (χ2n) is 11.4. The number of aliphatic imine (C=N–C) groups is 1. The fourth-order valence-corrected chi connectivity index (χ4v) is 7.70. The van der Waals surface area contributed by atoms with E-state index in [0.717, 1.165) is 27.8 Å². The van der Waals surface area contributed by atoms with Gasteiger partial charge in [-0.3, -0.25) is 15.1 Å². The molecule has 1 aliphatic carbocycles. The van der Waals surface area contributed by atoms with Crippen LogP contribution in [0.2, 0.25) is 10.0 Å². The Morgan fingerprint density at radius 1 is 0.875 bits per heavy atom. The fourth-order valence-electron chi connectivity index (χ4n) is 6.27. The Kier molecular flexibility index (Phi) is 9.17. The molecule has 240 valence electrons. The third-order valence-corrected chi connectivity index (χ3v) is 9.83. The number of carbonyl (C=O) groups is 2. The molecular formula is C37H27Cl2FN4O3S. The lowest BCUT2D eigenvalue weighted by molar-refractivity contribution is 0.102. The van der Waals surface area contributed by atoms with Gasteiger partial charge in [0.2, 0.25) is 0 Å². The van der Waals surface area contributed by atoms with Gasteiger partial charge >= 0.3 is 6.09 Å². The molecule has 4 aromatic carbocycles. The number of anilines is 1. The topological polar surface area (TPSA) is 92.7 Å². The Labute approximate surface area is 290 Å². The van der Waals surface area contributed by atoms with Crippen molar-refractivity contribution in [2.75, 3.05) is 17.7 Å². The number of hydrogen-bond donors (Lipinski definition) is 2. The molecule has 0 radical (unpaired) electrons. The van der Waals surface area contributed by atoms with Crippen molar-refractivity contribution >= 4 is 57.8 Å². The van der Waals surface area contributed by atoms with Crippen LogP contribution in [0, 0.1) is 5.82 Å². The molecule has 11 heteroatoms. The lowest BCUT2D eigenvalue weighted by Crippen LogP contribution is -2.29. The fraction of sp³-hybridized carbons (Fsp3) is 0.135. The molecule has 5 aromatic rings. The van der Waals surface area contributed by atoms with Crippen LogP contribution in [0.4, 0.5) is 14.9 Å². The highest BCUT2D eigenvalue weighted by Crippen LogP contribution is 2.44. The number of ether oxygens (including phenoxy) is 1. The Morgan fingerprint density at radius 3 is 2.27 bits per heavy atom. The smallest absolute Gasteiger partial charge is 0.413 e. The van der Waals surface area contributed by atoms with Gasteiger partial charge in [0.15, 0.2) is 5.17 Å². The van der Waals surface area contributed by atoms with E-state index in [-0.39, 0.29) is 41.0 Å². The number of hydrogen-bond acceptors (Lipinski definition) is 6. The number of nitrogens with zero attached hydrogens (tertiary/aromatic N) is 2. The van der Waals surface area contributed by atoms with E-state index in [0.29, 0.717) is 27.2 Å². The van der Waals surface area contributed by atoms with E-state index in [4.69, 9.17) is 32.9 Å². The number of amides is 2. The highest BCUT2D eigenvalue weighted by Gasteiger charge is 2.32. The predicted molar refractivity (Wildman–Crippen MR) is 189 cm³/mol. The maximum absolute atomic E-state index is 14.5. The first-order chi connectivity index (χ1) is 23.3. The minimum atomic E-state index is -0.592. The highest BCUT2D eigenvalue weighted by molar-refractivity contribution is 8.14. The average molecular weight is 698 g/mol. The summed E-state index contributed by atoms with van der Waals surface area (Å²) in [5.74, 6) is -0.798. The van der Waals surface area contributed by atoms with E-state index in [1.165, 1.54) is 36.2 Å². The molecule has 1 aliphatic heterocycles. The van der Waals surface area contributed by atoms with Crippen molar-refractivity contribution in [1.29, 1.82) is 0 Å². The summed E-state index contributed by atoms with van der Waals surface area (Å²) in [6.45, 7) is 0.183. The van der Waals surface area contributed by atoms with Crippen molar-refractivity contribution in [3.8, 4) is 11.1 Å².